The molecule has 0 amide bonds. The van der Waals surface area contributed by atoms with Crippen LogP contribution in [0.1, 0.15) is 45.6 Å². The Bertz CT molecular complexity index is 1750. The summed E-state index contributed by atoms with van der Waals surface area (Å²) in [4.78, 5) is 15.9. The number of hydrogen-bond donors (Lipinski definition) is 2. The van der Waals surface area contributed by atoms with E-state index in [1.165, 1.54) is 18.2 Å². The Morgan fingerprint density at radius 1 is 1.19 bits per heavy atom. The summed E-state index contributed by atoms with van der Waals surface area (Å²) >= 11 is 0. The van der Waals surface area contributed by atoms with Gasteiger partial charge in [-0.2, -0.15) is 9.97 Å². The molecule has 11 heteroatoms. The highest BCUT2D eigenvalue weighted by Crippen LogP contribution is 2.43. The zero-order chi connectivity index (χ0) is 30.0. The van der Waals surface area contributed by atoms with Crippen molar-refractivity contribution >= 4 is 27.5 Å². The molecular formula is C32H34F3N5O3. The van der Waals surface area contributed by atoms with Crippen molar-refractivity contribution in [1.29, 1.82) is 0 Å². The quantitative estimate of drug-likeness (QED) is 0.274. The lowest BCUT2D eigenvalue weighted by Crippen LogP contribution is -2.43. The molecule has 0 bridgehead atoms. The molecule has 2 N–H and O–H groups in total. The van der Waals surface area contributed by atoms with Crippen LogP contribution in [0.3, 0.4) is 0 Å². The average molecular weight is 594 g/mol. The van der Waals surface area contributed by atoms with Crippen LogP contribution >= 0.6 is 0 Å². The summed E-state index contributed by atoms with van der Waals surface area (Å²) < 4.78 is 58.3. The number of ether oxygens (including phenoxy) is 2. The van der Waals surface area contributed by atoms with E-state index in [0.717, 1.165) is 19.4 Å². The zero-order valence-corrected chi connectivity index (χ0v) is 24.4. The lowest BCUT2D eigenvalue weighted by molar-refractivity contribution is 0.107. The number of nitrogens with one attached hydrogen (secondary N) is 1. The number of phenolic OH excluding ortho intramolecular Hbond substituents is 1. The standard InChI is InChI=1S/C32H34F3N5O3/c1-4-20-22(34)7-6-17-10-19(41)11-21(24(17)20)27-26(35)28-25-29(36-23(16(2)3)14-42-30(25)37-27)39-31(38-28)43-15-32-8-5-9-40(32)13-18(33)12-32/h6-7,10-11,16,18,23,41H,4-5,8-9,12-15H2,1-3H3,(H,36,38,39)/t18-,23-,32+/m1/s1. The van der Waals surface area contributed by atoms with Gasteiger partial charge >= 0.3 is 6.01 Å². The molecule has 0 unspecified atom stereocenters. The Hall–Kier alpha value is -3.86. The first kappa shape index (κ1) is 27.9. The molecule has 43 heavy (non-hydrogen) atoms. The van der Waals surface area contributed by atoms with Crippen molar-refractivity contribution in [3.05, 3.63) is 41.5 Å². The van der Waals surface area contributed by atoms with E-state index in [0.29, 0.717) is 41.5 Å². The predicted molar refractivity (Wildman–Crippen MR) is 158 cm³/mol. The van der Waals surface area contributed by atoms with Crippen molar-refractivity contribution in [3.8, 4) is 28.9 Å². The highest BCUT2D eigenvalue weighted by atomic mass is 19.1. The molecule has 0 spiro atoms. The average Bonchev–Trinajstić information content (AvgIpc) is 3.43. The maximum Gasteiger partial charge on any atom is 0.319 e. The number of aromatic hydroxyl groups is 1. The number of rotatable bonds is 6. The van der Waals surface area contributed by atoms with E-state index in [4.69, 9.17) is 9.47 Å². The normalized spacial score (nSPS) is 23.4. The number of pyridine rings is 1. The van der Waals surface area contributed by atoms with Gasteiger partial charge in [0, 0.05) is 18.5 Å². The first-order valence-corrected chi connectivity index (χ1v) is 14.9. The second kappa shape index (κ2) is 10.4. The fourth-order valence-electron chi connectivity index (χ4n) is 7.00. The number of benzene rings is 2. The molecule has 3 aliphatic heterocycles. The lowest BCUT2D eigenvalue weighted by atomic mass is 9.94. The Kier molecular flexibility index (Phi) is 6.76. The number of hydrogen-bond acceptors (Lipinski definition) is 8. The summed E-state index contributed by atoms with van der Waals surface area (Å²) in [6.07, 6.45) is 1.58. The van der Waals surface area contributed by atoms with Crippen LogP contribution in [0.25, 0.3) is 32.9 Å². The van der Waals surface area contributed by atoms with E-state index >= 15 is 4.39 Å². The molecule has 3 atom stereocenters. The Labute approximate surface area is 247 Å². The number of aryl methyl sites for hydroxylation is 1. The molecule has 8 nitrogen and oxygen atoms in total. The van der Waals surface area contributed by atoms with Gasteiger partial charge in [0.1, 0.15) is 53.4 Å². The molecular weight excluding hydrogens is 559 g/mol. The predicted octanol–water partition coefficient (Wildman–Crippen LogP) is 6.18. The third-order valence-corrected chi connectivity index (χ3v) is 9.25. The molecule has 5 heterocycles. The van der Waals surface area contributed by atoms with Crippen molar-refractivity contribution in [2.75, 3.05) is 31.6 Å². The van der Waals surface area contributed by atoms with Crippen LogP contribution in [-0.2, 0) is 6.42 Å². The third-order valence-electron chi connectivity index (χ3n) is 9.25. The fraction of sp³-hybridized carbons (Fsp3) is 0.469. The number of alkyl halides is 1. The molecule has 2 fully saturated rings. The summed E-state index contributed by atoms with van der Waals surface area (Å²) in [5.41, 5.74) is -0.0156. The van der Waals surface area contributed by atoms with Crippen LogP contribution in [0.15, 0.2) is 24.3 Å². The Morgan fingerprint density at radius 3 is 2.81 bits per heavy atom. The van der Waals surface area contributed by atoms with Crippen molar-refractivity contribution in [3.63, 3.8) is 0 Å². The van der Waals surface area contributed by atoms with Gasteiger partial charge in [-0.25, -0.2) is 18.2 Å². The van der Waals surface area contributed by atoms with Gasteiger partial charge in [0.25, 0.3) is 0 Å². The molecule has 3 aliphatic rings. The first-order chi connectivity index (χ1) is 20.7. The third kappa shape index (κ3) is 4.59. The maximum atomic E-state index is 16.7. The molecule has 7 rings (SSSR count). The summed E-state index contributed by atoms with van der Waals surface area (Å²) in [5, 5.41) is 15.2. The van der Waals surface area contributed by atoms with E-state index in [9.17, 15) is 13.9 Å². The number of aromatic nitrogens is 3. The van der Waals surface area contributed by atoms with E-state index in [2.05, 4.69) is 25.2 Å². The highest BCUT2D eigenvalue weighted by molar-refractivity contribution is 6.03. The molecule has 4 aromatic rings. The SMILES string of the molecule is CCc1c(F)ccc2cc(O)cc(-c3nc4c5c(nc(OC[C@@]67CCCN6C[C@H](F)C7)nc5c3F)N[C@@H](C(C)C)CO4)c12. The smallest absolute Gasteiger partial charge is 0.319 e. The highest BCUT2D eigenvalue weighted by Gasteiger charge is 2.49. The zero-order valence-electron chi connectivity index (χ0n) is 24.4. The van der Waals surface area contributed by atoms with Crippen molar-refractivity contribution in [1.82, 2.24) is 19.9 Å². The van der Waals surface area contributed by atoms with Crippen LogP contribution in [0, 0.1) is 17.6 Å². The van der Waals surface area contributed by atoms with E-state index in [1.807, 2.05) is 20.8 Å². The first-order valence-electron chi connectivity index (χ1n) is 14.9. The number of anilines is 1. The summed E-state index contributed by atoms with van der Waals surface area (Å²) in [6.45, 7) is 7.51. The minimum absolute atomic E-state index is 0.0361. The molecule has 226 valence electrons. The summed E-state index contributed by atoms with van der Waals surface area (Å²) in [7, 11) is 0. The van der Waals surface area contributed by atoms with Crippen molar-refractivity contribution in [2.24, 2.45) is 5.92 Å². The van der Waals surface area contributed by atoms with Gasteiger partial charge in [0.15, 0.2) is 5.82 Å². The van der Waals surface area contributed by atoms with Crippen LogP contribution in [0.4, 0.5) is 19.0 Å². The molecule has 0 radical (unpaired) electrons. The lowest BCUT2D eigenvalue weighted by Gasteiger charge is -2.30. The second-order valence-corrected chi connectivity index (χ2v) is 12.3. The maximum absolute atomic E-state index is 16.7. The molecule has 0 saturated carbocycles. The monoisotopic (exact) mass is 593 g/mol. The van der Waals surface area contributed by atoms with Crippen LogP contribution in [0.5, 0.6) is 17.6 Å². The summed E-state index contributed by atoms with van der Waals surface area (Å²) in [5.74, 6) is -0.703. The number of nitrogens with zero attached hydrogens (tertiary/aromatic N) is 4. The van der Waals surface area contributed by atoms with Gasteiger partial charge in [-0.15, -0.1) is 0 Å². The van der Waals surface area contributed by atoms with Gasteiger partial charge in [-0.05, 0) is 66.3 Å². The van der Waals surface area contributed by atoms with Gasteiger partial charge in [-0.1, -0.05) is 26.8 Å². The molecule has 0 aliphatic carbocycles. The topological polar surface area (TPSA) is 92.6 Å². The van der Waals surface area contributed by atoms with Gasteiger partial charge < -0.3 is 19.9 Å². The van der Waals surface area contributed by atoms with Crippen LogP contribution in [0.2, 0.25) is 0 Å². The Morgan fingerprint density at radius 2 is 2.02 bits per heavy atom. The fourth-order valence-corrected chi connectivity index (χ4v) is 7.00. The minimum atomic E-state index is -0.916. The van der Waals surface area contributed by atoms with E-state index in [1.54, 1.807) is 6.07 Å². The van der Waals surface area contributed by atoms with Crippen LogP contribution < -0.4 is 14.8 Å². The van der Waals surface area contributed by atoms with E-state index in [-0.39, 0.29) is 65.0 Å². The van der Waals surface area contributed by atoms with E-state index < -0.39 is 23.3 Å². The van der Waals surface area contributed by atoms with Gasteiger partial charge in [0.2, 0.25) is 5.88 Å². The van der Waals surface area contributed by atoms with Gasteiger partial charge in [-0.3, -0.25) is 4.90 Å². The van der Waals surface area contributed by atoms with Crippen LogP contribution in [-0.4, -0.2) is 69.0 Å². The summed E-state index contributed by atoms with van der Waals surface area (Å²) in [6, 6.07) is 5.59. The number of phenols is 1. The Balaban J connectivity index is 1.41. The molecule has 2 aromatic heterocycles. The van der Waals surface area contributed by atoms with Gasteiger partial charge in [0.05, 0.1) is 11.6 Å². The van der Waals surface area contributed by atoms with Crippen molar-refractivity contribution < 1.29 is 27.8 Å². The molecule has 2 aromatic carbocycles. The molecule has 2 saturated heterocycles. The largest absolute Gasteiger partial charge is 0.508 e. The number of halogens is 3. The minimum Gasteiger partial charge on any atom is -0.508 e. The second-order valence-electron chi connectivity index (χ2n) is 12.3. The van der Waals surface area contributed by atoms with Crippen molar-refractivity contribution in [2.45, 2.75) is 64.2 Å². The number of fused-ring (bicyclic) bond motifs is 2.